The third kappa shape index (κ3) is 5.44. The van der Waals surface area contributed by atoms with E-state index in [-0.39, 0.29) is 33.3 Å². The Morgan fingerprint density at radius 3 is 2.34 bits per heavy atom. The number of carbonyl (C=O) groups excluding carboxylic acids is 1. The molecule has 182 valence electrons. The second-order valence-electron chi connectivity index (χ2n) is 6.77. The second kappa shape index (κ2) is 9.76. The van der Waals surface area contributed by atoms with Gasteiger partial charge in [0.1, 0.15) is 12.4 Å². The summed E-state index contributed by atoms with van der Waals surface area (Å²) in [6.45, 7) is -0.622. The Morgan fingerprint density at radius 1 is 1.03 bits per heavy atom. The molecule has 0 aliphatic heterocycles. The van der Waals surface area contributed by atoms with E-state index in [1.165, 1.54) is 42.6 Å². The van der Waals surface area contributed by atoms with Gasteiger partial charge in [0.15, 0.2) is 28.3 Å². The fourth-order valence-corrected chi connectivity index (χ4v) is 4.55. The molecule has 0 fully saturated rings. The lowest BCUT2D eigenvalue weighted by Gasteiger charge is -2.08. The van der Waals surface area contributed by atoms with Gasteiger partial charge >= 0.3 is 0 Å². The number of ether oxygens (including phenoxy) is 1. The molecular weight excluding hydrogens is 514 g/mol. The molecule has 35 heavy (non-hydrogen) atoms. The van der Waals surface area contributed by atoms with Gasteiger partial charge < -0.3 is 14.5 Å². The predicted octanol–water partition coefficient (Wildman–Crippen LogP) is 4.92. The Bertz CT molecular complexity index is 1450. The van der Waals surface area contributed by atoms with Crippen molar-refractivity contribution in [2.24, 2.45) is 0 Å². The number of carbonyl (C=O) groups is 1. The Morgan fingerprint density at radius 2 is 1.71 bits per heavy atom. The Labute approximate surface area is 199 Å². The Kier molecular flexibility index (Phi) is 6.75. The van der Waals surface area contributed by atoms with Gasteiger partial charge in [-0.05, 0) is 36.4 Å². The van der Waals surface area contributed by atoms with Crippen molar-refractivity contribution in [1.29, 1.82) is 0 Å². The lowest BCUT2D eigenvalue weighted by atomic mass is 10.3. The molecule has 0 aliphatic carbocycles. The van der Waals surface area contributed by atoms with Crippen LogP contribution in [0.5, 0.6) is 5.75 Å². The van der Waals surface area contributed by atoms with Crippen LogP contribution in [0.3, 0.4) is 0 Å². The number of anilines is 2. The van der Waals surface area contributed by atoms with Crippen LogP contribution in [0.1, 0.15) is 16.3 Å². The number of aromatic nitrogens is 1. The molecule has 2 N–H and O–H groups in total. The maximum absolute atomic E-state index is 13.7. The van der Waals surface area contributed by atoms with Crippen LogP contribution in [-0.2, 0) is 16.6 Å². The Hall–Kier alpha value is -3.91. The van der Waals surface area contributed by atoms with Crippen molar-refractivity contribution in [1.82, 2.24) is 4.98 Å². The van der Waals surface area contributed by atoms with Gasteiger partial charge in [0.25, 0.3) is 15.9 Å². The minimum atomic E-state index is -3.87. The number of hydrogen-bond acceptors (Lipinski definition) is 7. The summed E-state index contributed by atoms with van der Waals surface area (Å²) in [5.41, 5.74) is 0.247. The number of hydrogen-bond donors (Lipinski definition) is 2. The number of nitrogens with zero attached hydrogens (tertiary/aromatic N) is 1. The van der Waals surface area contributed by atoms with Crippen LogP contribution in [0.2, 0.25) is 0 Å². The predicted molar refractivity (Wildman–Crippen MR) is 117 cm³/mol. The van der Waals surface area contributed by atoms with Crippen molar-refractivity contribution in [3.8, 4) is 5.75 Å². The third-order valence-electron chi connectivity index (χ3n) is 4.39. The summed E-state index contributed by atoms with van der Waals surface area (Å²) in [6, 6.07) is 7.80. The fraction of sp³-hybridized carbons (Fsp3) is 0.0476. The van der Waals surface area contributed by atoms with Gasteiger partial charge in [-0.25, -0.2) is 22.2 Å². The van der Waals surface area contributed by atoms with Crippen LogP contribution >= 0.6 is 11.3 Å². The summed E-state index contributed by atoms with van der Waals surface area (Å²) in [6.07, 6.45) is 1.45. The number of sulfonamides is 1. The maximum atomic E-state index is 13.7. The van der Waals surface area contributed by atoms with Crippen LogP contribution < -0.4 is 14.8 Å². The first-order valence-corrected chi connectivity index (χ1v) is 11.9. The molecule has 2 aromatic heterocycles. The van der Waals surface area contributed by atoms with E-state index in [4.69, 9.17) is 9.15 Å². The van der Waals surface area contributed by atoms with Crippen LogP contribution in [0.4, 0.5) is 28.4 Å². The van der Waals surface area contributed by atoms with Gasteiger partial charge in [0.2, 0.25) is 11.6 Å². The number of amides is 1. The van der Waals surface area contributed by atoms with E-state index in [2.05, 4.69) is 15.0 Å². The lowest BCUT2D eigenvalue weighted by molar-refractivity contribution is 0.0992. The number of furan rings is 1. The van der Waals surface area contributed by atoms with E-state index < -0.39 is 51.6 Å². The summed E-state index contributed by atoms with van der Waals surface area (Å²) < 4.78 is 90.9. The minimum absolute atomic E-state index is 0.0479. The smallest absolute Gasteiger partial charge is 0.291 e. The van der Waals surface area contributed by atoms with E-state index in [9.17, 15) is 30.8 Å². The molecule has 14 heteroatoms. The quantitative estimate of drug-likeness (QED) is 0.249. The summed E-state index contributed by atoms with van der Waals surface area (Å²) in [4.78, 5) is 16.2. The van der Waals surface area contributed by atoms with Crippen LogP contribution in [-0.4, -0.2) is 19.3 Å². The highest BCUT2D eigenvalue weighted by Gasteiger charge is 2.21. The molecule has 0 unspecified atom stereocenters. The molecule has 0 saturated heterocycles. The van der Waals surface area contributed by atoms with Crippen molar-refractivity contribution in [2.45, 2.75) is 11.5 Å². The zero-order valence-electron chi connectivity index (χ0n) is 17.2. The van der Waals surface area contributed by atoms with Gasteiger partial charge in [-0.2, -0.15) is 8.78 Å². The lowest BCUT2D eigenvalue weighted by Crippen LogP contribution is -2.13. The van der Waals surface area contributed by atoms with E-state index >= 15 is 0 Å². The molecule has 0 spiro atoms. The molecule has 0 saturated carbocycles. The first kappa shape index (κ1) is 24.2. The fourth-order valence-electron chi connectivity index (χ4n) is 2.76. The first-order chi connectivity index (χ1) is 16.6. The van der Waals surface area contributed by atoms with E-state index in [1.807, 2.05) is 0 Å². The average Bonchev–Trinajstić information content (AvgIpc) is 3.50. The SMILES string of the molecule is O=C(Nc1ccc(S(=O)(=O)Nc2nccs2)cc1)c1ccc(COc2c(F)c(F)cc(F)c2F)o1. The number of halogens is 4. The standard InChI is InChI=1S/C21H13F4N3O5S2/c22-14-9-15(23)18(25)19(17(14)24)32-10-12-3-6-16(33-12)20(29)27-11-1-4-13(5-2-11)35(30,31)28-21-26-7-8-34-21/h1-9H,10H2,(H,26,28)(H,27,29). The van der Waals surface area contributed by atoms with Crippen molar-refractivity contribution < 1.29 is 39.9 Å². The normalized spacial score (nSPS) is 11.3. The molecule has 0 bridgehead atoms. The van der Waals surface area contributed by atoms with E-state index in [0.29, 0.717) is 0 Å². The van der Waals surface area contributed by atoms with Crippen molar-refractivity contribution in [3.63, 3.8) is 0 Å². The summed E-state index contributed by atoms with van der Waals surface area (Å²) in [5, 5.41) is 4.30. The number of nitrogens with one attached hydrogen (secondary N) is 2. The summed E-state index contributed by atoms with van der Waals surface area (Å²) in [7, 11) is -3.87. The minimum Gasteiger partial charge on any atom is -0.479 e. The van der Waals surface area contributed by atoms with Gasteiger partial charge in [0, 0.05) is 23.3 Å². The highest BCUT2D eigenvalue weighted by Crippen LogP contribution is 2.27. The molecule has 4 rings (SSSR count). The molecule has 2 heterocycles. The zero-order chi connectivity index (χ0) is 25.2. The highest BCUT2D eigenvalue weighted by atomic mass is 32.2. The second-order valence-corrected chi connectivity index (χ2v) is 9.35. The first-order valence-electron chi connectivity index (χ1n) is 9.52. The van der Waals surface area contributed by atoms with Gasteiger partial charge in [0.05, 0.1) is 4.90 Å². The summed E-state index contributed by atoms with van der Waals surface area (Å²) >= 11 is 1.11. The van der Waals surface area contributed by atoms with Crippen LogP contribution in [0.25, 0.3) is 0 Å². The van der Waals surface area contributed by atoms with E-state index in [1.54, 1.807) is 5.38 Å². The van der Waals surface area contributed by atoms with Crippen molar-refractivity contribution >= 4 is 38.1 Å². The number of thiazole rings is 1. The maximum Gasteiger partial charge on any atom is 0.291 e. The molecule has 0 atom stereocenters. The zero-order valence-corrected chi connectivity index (χ0v) is 18.9. The van der Waals surface area contributed by atoms with Crippen LogP contribution in [0, 0.1) is 23.3 Å². The van der Waals surface area contributed by atoms with Gasteiger partial charge in [-0.15, -0.1) is 11.3 Å². The molecule has 2 aromatic carbocycles. The molecule has 0 radical (unpaired) electrons. The molecule has 0 aliphatic rings. The average molecular weight is 527 g/mol. The number of rotatable bonds is 8. The largest absolute Gasteiger partial charge is 0.479 e. The third-order valence-corrected chi connectivity index (χ3v) is 6.56. The van der Waals surface area contributed by atoms with Gasteiger partial charge in [-0.1, -0.05) is 0 Å². The topological polar surface area (TPSA) is 111 Å². The molecule has 4 aromatic rings. The summed E-state index contributed by atoms with van der Waals surface area (Å²) in [5.74, 6) is -8.93. The molecule has 1 amide bonds. The molecular formula is C21H13F4N3O5S2. The molecule has 8 nitrogen and oxygen atoms in total. The van der Waals surface area contributed by atoms with Gasteiger partial charge in [-0.3, -0.25) is 9.52 Å². The number of benzene rings is 2. The van der Waals surface area contributed by atoms with E-state index in [0.717, 1.165) is 11.3 Å². The highest BCUT2D eigenvalue weighted by molar-refractivity contribution is 7.93. The van der Waals surface area contributed by atoms with Crippen molar-refractivity contribution in [3.05, 3.63) is 88.8 Å². The Balaban J connectivity index is 1.39. The van der Waals surface area contributed by atoms with Crippen LogP contribution in [0.15, 0.2) is 63.4 Å². The van der Waals surface area contributed by atoms with Crippen molar-refractivity contribution in [2.75, 3.05) is 10.0 Å². The monoisotopic (exact) mass is 527 g/mol.